The molecule has 0 bridgehead atoms. The summed E-state index contributed by atoms with van der Waals surface area (Å²) >= 11 is 1.62. The van der Waals surface area contributed by atoms with Crippen molar-refractivity contribution in [2.45, 2.75) is 13.0 Å². The topological polar surface area (TPSA) is 50.9 Å². The second-order valence-corrected chi connectivity index (χ2v) is 3.92. The molecule has 0 aliphatic rings. The highest BCUT2D eigenvalue weighted by atomic mass is 32.1. The molecule has 0 fully saturated rings. The van der Waals surface area contributed by atoms with Crippen LogP contribution in [-0.4, -0.2) is 26.5 Å². The normalized spacial score (nSPS) is 10.6. The number of rotatable bonds is 4. The van der Waals surface area contributed by atoms with E-state index in [-0.39, 0.29) is 6.61 Å². The molecule has 2 heterocycles. The molecule has 4 nitrogen and oxygen atoms in total. The summed E-state index contributed by atoms with van der Waals surface area (Å²) in [5, 5.41) is 15.9. The fourth-order valence-corrected chi connectivity index (χ4v) is 1.83. The zero-order valence-electron chi connectivity index (χ0n) is 7.63. The Bertz CT molecular complexity index is 382. The molecule has 0 aliphatic heterocycles. The number of aliphatic hydroxyl groups excluding tert-OH is 1. The lowest BCUT2D eigenvalue weighted by Gasteiger charge is -1.95. The van der Waals surface area contributed by atoms with E-state index in [1.165, 1.54) is 0 Å². The highest BCUT2D eigenvalue weighted by molar-refractivity contribution is 7.09. The van der Waals surface area contributed by atoms with Gasteiger partial charge in [0.1, 0.15) is 5.01 Å². The van der Waals surface area contributed by atoms with Gasteiger partial charge in [0.25, 0.3) is 0 Å². The minimum Gasteiger partial charge on any atom is -0.396 e. The summed E-state index contributed by atoms with van der Waals surface area (Å²) in [4.78, 5) is 4.18. The van der Waals surface area contributed by atoms with Gasteiger partial charge in [0.15, 0.2) is 0 Å². The molecular weight excluding hydrogens is 198 g/mol. The van der Waals surface area contributed by atoms with E-state index < -0.39 is 0 Å². The summed E-state index contributed by atoms with van der Waals surface area (Å²) in [7, 11) is 0. The zero-order valence-corrected chi connectivity index (χ0v) is 8.44. The van der Waals surface area contributed by atoms with Crippen molar-refractivity contribution in [3.8, 4) is 0 Å². The minimum atomic E-state index is 0.170. The highest BCUT2D eigenvalue weighted by Gasteiger charge is 2.00. The van der Waals surface area contributed by atoms with E-state index in [9.17, 15) is 0 Å². The van der Waals surface area contributed by atoms with Crippen LogP contribution in [-0.2, 0) is 13.0 Å². The Hall–Kier alpha value is -1.20. The van der Waals surface area contributed by atoms with Gasteiger partial charge in [-0.15, -0.1) is 11.3 Å². The number of aromatic nitrogens is 3. The predicted molar refractivity (Wildman–Crippen MR) is 54.2 cm³/mol. The first kappa shape index (κ1) is 9.36. The van der Waals surface area contributed by atoms with Gasteiger partial charge in [-0.2, -0.15) is 5.10 Å². The summed E-state index contributed by atoms with van der Waals surface area (Å²) < 4.78 is 1.84. The van der Waals surface area contributed by atoms with Crippen LogP contribution in [0.4, 0.5) is 0 Å². The van der Waals surface area contributed by atoms with E-state index >= 15 is 0 Å². The van der Waals surface area contributed by atoms with Crippen LogP contribution < -0.4 is 0 Å². The fourth-order valence-electron chi connectivity index (χ4n) is 1.22. The first-order valence-corrected chi connectivity index (χ1v) is 5.27. The summed E-state index contributed by atoms with van der Waals surface area (Å²) in [6.07, 6.45) is 6.18. The predicted octanol–water partition coefficient (Wildman–Crippen LogP) is 0.923. The highest BCUT2D eigenvalue weighted by Crippen LogP contribution is 2.07. The molecule has 0 amide bonds. The van der Waals surface area contributed by atoms with Crippen LogP contribution in [0.25, 0.3) is 0 Å². The van der Waals surface area contributed by atoms with E-state index in [0.717, 1.165) is 10.6 Å². The molecule has 0 spiro atoms. The second-order valence-electron chi connectivity index (χ2n) is 2.95. The maximum Gasteiger partial charge on any atom is 0.114 e. The van der Waals surface area contributed by atoms with Gasteiger partial charge in [-0.1, -0.05) is 0 Å². The van der Waals surface area contributed by atoms with Crippen molar-refractivity contribution >= 4 is 11.3 Å². The Kier molecular flexibility index (Phi) is 2.90. The maximum absolute atomic E-state index is 8.74. The Balaban J connectivity index is 2.03. The lowest BCUT2D eigenvalue weighted by molar-refractivity contribution is 0.299. The van der Waals surface area contributed by atoms with Gasteiger partial charge in [0.05, 0.1) is 12.7 Å². The van der Waals surface area contributed by atoms with E-state index in [4.69, 9.17) is 5.11 Å². The van der Waals surface area contributed by atoms with Gasteiger partial charge in [-0.25, -0.2) is 4.98 Å². The van der Waals surface area contributed by atoms with Crippen molar-refractivity contribution in [3.05, 3.63) is 34.5 Å². The van der Waals surface area contributed by atoms with Crippen molar-refractivity contribution in [1.82, 2.24) is 14.8 Å². The molecule has 2 aromatic heterocycles. The maximum atomic E-state index is 8.74. The number of hydrogen-bond acceptors (Lipinski definition) is 4. The van der Waals surface area contributed by atoms with Crippen molar-refractivity contribution in [3.63, 3.8) is 0 Å². The third-order valence-corrected chi connectivity index (χ3v) is 2.63. The number of thiazole rings is 1. The van der Waals surface area contributed by atoms with Crippen LogP contribution in [0.2, 0.25) is 0 Å². The average molecular weight is 209 g/mol. The van der Waals surface area contributed by atoms with Gasteiger partial charge >= 0.3 is 0 Å². The molecular formula is C9H11N3OS. The third kappa shape index (κ3) is 2.18. The number of hydrogen-bond donors (Lipinski definition) is 1. The van der Waals surface area contributed by atoms with Crippen molar-refractivity contribution < 1.29 is 5.11 Å². The van der Waals surface area contributed by atoms with Crippen LogP contribution in [0.15, 0.2) is 24.0 Å². The Morgan fingerprint density at radius 1 is 1.50 bits per heavy atom. The number of aliphatic hydroxyl groups is 1. The quantitative estimate of drug-likeness (QED) is 0.814. The van der Waals surface area contributed by atoms with Crippen molar-refractivity contribution in [2.75, 3.05) is 6.61 Å². The molecule has 0 radical (unpaired) electrons. The molecule has 0 aromatic carbocycles. The van der Waals surface area contributed by atoms with Crippen LogP contribution in [0.5, 0.6) is 0 Å². The zero-order chi connectivity index (χ0) is 9.80. The number of nitrogens with zero attached hydrogens (tertiary/aromatic N) is 3. The molecule has 2 rings (SSSR count). The van der Waals surface area contributed by atoms with E-state index in [1.54, 1.807) is 23.7 Å². The first-order chi connectivity index (χ1) is 6.88. The van der Waals surface area contributed by atoms with E-state index in [0.29, 0.717) is 13.0 Å². The second kappa shape index (κ2) is 4.34. The average Bonchev–Trinajstić information content (AvgIpc) is 2.79. The molecule has 5 heteroatoms. The molecule has 74 valence electrons. The van der Waals surface area contributed by atoms with Crippen LogP contribution in [0.3, 0.4) is 0 Å². The molecule has 14 heavy (non-hydrogen) atoms. The van der Waals surface area contributed by atoms with Crippen LogP contribution in [0, 0.1) is 0 Å². The summed E-state index contributed by atoms with van der Waals surface area (Å²) in [5.74, 6) is 0. The van der Waals surface area contributed by atoms with E-state index in [2.05, 4.69) is 10.1 Å². The standard InChI is InChI=1S/C9H11N3OS/c13-3-1-8-5-11-12(6-8)7-9-10-2-4-14-9/h2,4-6,13H,1,3,7H2. The largest absolute Gasteiger partial charge is 0.396 e. The molecule has 2 aromatic rings. The molecule has 0 unspecified atom stereocenters. The molecule has 1 N–H and O–H groups in total. The monoisotopic (exact) mass is 209 g/mol. The smallest absolute Gasteiger partial charge is 0.114 e. The van der Waals surface area contributed by atoms with Gasteiger partial charge in [0, 0.05) is 24.4 Å². The van der Waals surface area contributed by atoms with Gasteiger partial charge in [-0.05, 0) is 12.0 Å². The fraction of sp³-hybridized carbons (Fsp3) is 0.333. The molecule has 0 aliphatic carbocycles. The van der Waals surface area contributed by atoms with Crippen LogP contribution in [0.1, 0.15) is 10.6 Å². The first-order valence-electron chi connectivity index (χ1n) is 4.39. The Morgan fingerprint density at radius 3 is 3.14 bits per heavy atom. The van der Waals surface area contributed by atoms with Gasteiger partial charge in [-0.3, -0.25) is 4.68 Å². The van der Waals surface area contributed by atoms with Crippen molar-refractivity contribution in [1.29, 1.82) is 0 Å². The molecule has 0 atom stereocenters. The lowest BCUT2D eigenvalue weighted by Crippen LogP contribution is -1.99. The molecule has 0 saturated carbocycles. The SMILES string of the molecule is OCCc1cnn(Cc2nccs2)c1. The van der Waals surface area contributed by atoms with Gasteiger partial charge in [0.2, 0.25) is 0 Å². The molecule has 0 saturated heterocycles. The van der Waals surface area contributed by atoms with Gasteiger partial charge < -0.3 is 5.11 Å². The Labute approximate surface area is 85.8 Å². The van der Waals surface area contributed by atoms with E-state index in [1.807, 2.05) is 16.3 Å². The summed E-state index contributed by atoms with van der Waals surface area (Å²) in [6, 6.07) is 0. The third-order valence-electron chi connectivity index (χ3n) is 1.87. The minimum absolute atomic E-state index is 0.170. The van der Waals surface area contributed by atoms with Crippen molar-refractivity contribution in [2.24, 2.45) is 0 Å². The summed E-state index contributed by atoms with van der Waals surface area (Å²) in [6.45, 7) is 0.881. The lowest BCUT2D eigenvalue weighted by atomic mass is 10.3. The summed E-state index contributed by atoms with van der Waals surface area (Å²) in [5.41, 5.74) is 1.06. The Morgan fingerprint density at radius 2 is 2.43 bits per heavy atom. The van der Waals surface area contributed by atoms with Crippen LogP contribution >= 0.6 is 11.3 Å².